The lowest BCUT2D eigenvalue weighted by molar-refractivity contribution is 0.277. The average molecular weight is 256 g/mol. The number of fused-ring (bicyclic) bond motifs is 1. The molecule has 2 aromatic rings. The van der Waals surface area contributed by atoms with Crippen molar-refractivity contribution in [3.05, 3.63) is 48.7 Å². The van der Waals surface area contributed by atoms with Gasteiger partial charge in [0, 0.05) is 19.0 Å². The van der Waals surface area contributed by atoms with Crippen LogP contribution in [0.4, 0.5) is 5.82 Å². The molecular formula is C16H20N2O. The van der Waals surface area contributed by atoms with Crippen molar-refractivity contribution in [1.29, 1.82) is 0 Å². The van der Waals surface area contributed by atoms with Crippen LogP contribution in [0.2, 0.25) is 0 Å². The fourth-order valence-corrected chi connectivity index (χ4v) is 2.19. The predicted octanol–water partition coefficient (Wildman–Crippen LogP) is 3.13. The lowest BCUT2D eigenvalue weighted by Crippen LogP contribution is -2.20. The summed E-state index contributed by atoms with van der Waals surface area (Å²) in [6.07, 6.45) is 3.99. The first-order valence-corrected chi connectivity index (χ1v) is 6.58. The summed E-state index contributed by atoms with van der Waals surface area (Å²) in [7, 11) is 2.04. The molecule has 3 heteroatoms. The van der Waals surface area contributed by atoms with E-state index in [2.05, 4.69) is 28.6 Å². The minimum absolute atomic E-state index is 0.0294. The lowest BCUT2D eigenvalue weighted by Gasteiger charge is -2.20. The van der Waals surface area contributed by atoms with Gasteiger partial charge in [0.25, 0.3) is 0 Å². The summed E-state index contributed by atoms with van der Waals surface area (Å²) in [5, 5.41) is 11.6. The number of allylic oxidation sites excluding steroid dienone is 1. The van der Waals surface area contributed by atoms with E-state index in [-0.39, 0.29) is 6.61 Å². The molecule has 0 spiro atoms. The van der Waals surface area contributed by atoms with Crippen molar-refractivity contribution in [3.8, 4) is 0 Å². The maximum Gasteiger partial charge on any atom is 0.136 e. The van der Waals surface area contributed by atoms with Crippen LogP contribution in [-0.2, 0) is 6.61 Å². The topological polar surface area (TPSA) is 36.4 Å². The van der Waals surface area contributed by atoms with Crippen LogP contribution in [0.3, 0.4) is 0 Å². The van der Waals surface area contributed by atoms with Crippen molar-refractivity contribution in [2.75, 3.05) is 18.5 Å². The summed E-state index contributed by atoms with van der Waals surface area (Å²) in [5.74, 6) is 0.936. The van der Waals surface area contributed by atoms with E-state index in [1.165, 1.54) is 0 Å². The highest BCUT2D eigenvalue weighted by Gasteiger charge is 2.09. The molecule has 0 atom stereocenters. The van der Waals surface area contributed by atoms with E-state index < -0.39 is 0 Å². The molecule has 1 heterocycles. The molecule has 0 aliphatic carbocycles. The molecule has 0 radical (unpaired) electrons. The Bertz CT molecular complexity index is 566. The van der Waals surface area contributed by atoms with Crippen molar-refractivity contribution >= 4 is 16.6 Å². The number of aromatic nitrogens is 1. The summed E-state index contributed by atoms with van der Waals surface area (Å²) in [6.45, 7) is 4.64. The maximum atomic E-state index is 9.32. The van der Waals surface area contributed by atoms with Crippen LogP contribution in [0.5, 0.6) is 0 Å². The van der Waals surface area contributed by atoms with Crippen molar-refractivity contribution in [2.24, 2.45) is 0 Å². The monoisotopic (exact) mass is 256 g/mol. The molecule has 1 aromatic heterocycles. The number of hydrogen-bond donors (Lipinski definition) is 1. The first-order chi connectivity index (χ1) is 9.26. The Morgan fingerprint density at radius 1 is 1.37 bits per heavy atom. The second kappa shape index (κ2) is 6.34. The van der Waals surface area contributed by atoms with E-state index >= 15 is 0 Å². The van der Waals surface area contributed by atoms with Crippen molar-refractivity contribution in [2.45, 2.75) is 19.4 Å². The third kappa shape index (κ3) is 3.12. The summed E-state index contributed by atoms with van der Waals surface area (Å²) >= 11 is 0. The summed E-state index contributed by atoms with van der Waals surface area (Å²) in [5.41, 5.74) is 0.712. The van der Waals surface area contributed by atoms with Crippen LogP contribution >= 0.6 is 0 Å². The van der Waals surface area contributed by atoms with Crippen LogP contribution in [0.15, 0.2) is 43.0 Å². The summed E-state index contributed by atoms with van der Waals surface area (Å²) in [6, 6.07) is 10.1. The van der Waals surface area contributed by atoms with Crippen molar-refractivity contribution < 1.29 is 5.11 Å². The second-order valence-electron chi connectivity index (χ2n) is 4.67. The van der Waals surface area contributed by atoms with Gasteiger partial charge in [-0.3, -0.25) is 0 Å². The van der Waals surface area contributed by atoms with Crippen LogP contribution in [0.25, 0.3) is 10.8 Å². The third-order valence-corrected chi connectivity index (χ3v) is 3.20. The van der Waals surface area contributed by atoms with Gasteiger partial charge in [0.2, 0.25) is 0 Å². The highest BCUT2D eigenvalue weighted by molar-refractivity contribution is 5.92. The molecule has 2 rings (SSSR count). The van der Waals surface area contributed by atoms with Crippen LogP contribution in [-0.4, -0.2) is 23.7 Å². The molecule has 0 fully saturated rings. The molecule has 3 nitrogen and oxygen atoms in total. The zero-order chi connectivity index (χ0) is 13.7. The quantitative estimate of drug-likeness (QED) is 0.637. The Kier molecular flexibility index (Phi) is 4.53. The number of nitrogens with zero attached hydrogens (tertiary/aromatic N) is 2. The number of benzene rings is 1. The van der Waals surface area contributed by atoms with Gasteiger partial charge in [-0.25, -0.2) is 4.98 Å². The minimum atomic E-state index is -0.0294. The fraction of sp³-hybridized carbons (Fsp3) is 0.312. The molecule has 0 amide bonds. The first kappa shape index (κ1) is 13.6. The Morgan fingerprint density at radius 2 is 2.16 bits per heavy atom. The van der Waals surface area contributed by atoms with Gasteiger partial charge < -0.3 is 10.0 Å². The number of rotatable bonds is 6. The molecule has 1 N–H and O–H groups in total. The standard InChI is InChI=1S/C16H20N2O/c1-3-4-7-10-18(2)16-15-9-6-5-8-13(15)11-14(12-19)17-16/h3,5-6,8-9,11,19H,1,4,7,10,12H2,2H3. The van der Waals surface area contributed by atoms with Gasteiger partial charge in [0.15, 0.2) is 0 Å². The molecule has 1 aromatic carbocycles. The smallest absolute Gasteiger partial charge is 0.136 e. The van der Waals surface area contributed by atoms with Gasteiger partial charge >= 0.3 is 0 Å². The Hall–Kier alpha value is -1.87. The van der Waals surface area contributed by atoms with Crippen molar-refractivity contribution in [1.82, 2.24) is 4.98 Å². The molecule has 0 bridgehead atoms. The van der Waals surface area contributed by atoms with Gasteiger partial charge in [-0.05, 0) is 24.3 Å². The predicted molar refractivity (Wildman–Crippen MR) is 80.4 cm³/mol. The molecule has 0 aliphatic heterocycles. The zero-order valence-corrected chi connectivity index (χ0v) is 11.3. The Morgan fingerprint density at radius 3 is 2.89 bits per heavy atom. The molecule has 0 aliphatic rings. The van der Waals surface area contributed by atoms with Crippen molar-refractivity contribution in [3.63, 3.8) is 0 Å². The number of anilines is 1. The average Bonchev–Trinajstić information content (AvgIpc) is 2.46. The lowest BCUT2D eigenvalue weighted by atomic mass is 10.1. The molecule has 0 saturated carbocycles. The van der Waals surface area contributed by atoms with Crippen LogP contribution in [0.1, 0.15) is 18.5 Å². The van der Waals surface area contributed by atoms with Gasteiger partial charge in [-0.2, -0.15) is 0 Å². The van der Waals surface area contributed by atoms with E-state index in [1.807, 2.05) is 31.3 Å². The summed E-state index contributed by atoms with van der Waals surface area (Å²) < 4.78 is 0. The van der Waals surface area contributed by atoms with Crippen LogP contribution in [0, 0.1) is 0 Å². The molecule has 19 heavy (non-hydrogen) atoms. The number of pyridine rings is 1. The number of aliphatic hydroxyl groups excluding tert-OH is 1. The zero-order valence-electron chi connectivity index (χ0n) is 11.3. The molecule has 0 saturated heterocycles. The maximum absolute atomic E-state index is 9.32. The van der Waals surface area contributed by atoms with E-state index in [0.717, 1.165) is 36.0 Å². The van der Waals surface area contributed by atoms with E-state index in [1.54, 1.807) is 0 Å². The molecule has 100 valence electrons. The Balaban J connectivity index is 2.36. The van der Waals surface area contributed by atoms with E-state index in [4.69, 9.17) is 0 Å². The Labute approximate surface area is 114 Å². The van der Waals surface area contributed by atoms with Gasteiger partial charge in [-0.1, -0.05) is 30.3 Å². The van der Waals surface area contributed by atoms with Gasteiger partial charge in [-0.15, -0.1) is 6.58 Å². The van der Waals surface area contributed by atoms with E-state index in [0.29, 0.717) is 5.69 Å². The number of aliphatic hydroxyl groups is 1. The molecule has 0 unspecified atom stereocenters. The van der Waals surface area contributed by atoms with Gasteiger partial charge in [0.05, 0.1) is 12.3 Å². The highest BCUT2D eigenvalue weighted by Crippen LogP contribution is 2.25. The number of hydrogen-bond acceptors (Lipinski definition) is 3. The highest BCUT2D eigenvalue weighted by atomic mass is 16.3. The molecular weight excluding hydrogens is 236 g/mol. The van der Waals surface area contributed by atoms with Crippen LogP contribution < -0.4 is 4.90 Å². The number of unbranched alkanes of at least 4 members (excludes halogenated alkanes) is 1. The normalized spacial score (nSPS) is 10.6. The largest absolute Gasteiger partial charge is 0.390 e. The summed E-state index contributed by atoms with van der Waals surface area (Å²) in [4.78, 5) is 6.69. The fourth-order valence-electron chi connectivity index (χ4n) is 2.19. The third-order valence-electron chi connectivity index (χ3n) is 3.20. The van der Waals surface area contributed by atoms with Gasteiger partial charge in [0.1, 0.15) is 5.82 Å². The SMILES string of the molecule is C=CCCCN(C)c1nc(CO)cc2ccccc12. The first-order valence-electron chi connectivity index (χ1n) is 6.58. The minimum Gasteiger partial charge on any atom is -0.390 e. The second-order valence-corrected chi connectivity index (χ2v) is 4.67. The van der Waals surface area contributed by atoms with E-state index in [9.17, 15) is 5.11 Å².